The molecule has 24 heavy (non-hydrogen) atoms. The molecule has 2 aromatic rings. The van der Waals surface area contributed by atoms with Gasteiger partial charge in [0.05, 0.1) is 12.2 Å². The summed E-state index contributed by atoms with van der Waals surface area (Å²) in [4.78, 5) is 2.07. The Hall–Kier alpha value is -2.01. The lowest BCUT2D eigenvalue weighted by atomic mass is 9.74. The summed E-state index contributed by atoms with van der Waals surface area (Å²) in [6.45, 7) is 2.52. The Bertz CT molecular complexity index is 750. The Balaban J connectivity index is 1.45. The Morgan fingerprint density at radius 3 is 2.50 bits per heavy atom. The second-order valence-corrected chi connectivity index (χ2v) is 6.87. The molecule has 0 radical (unpaired) electrons. The molecular formula is C19H18F3NO. The van der Waals surface area contributed by atoms with E-state index in [2.05, 4.69) is 11.0 Å². The standard InChI is InChI=1S/C19H18F3NO/c20-19(21,22)16-7-3-1-6-15(16)10-23-11-18(12-23)9-14-5-2-4-8-17(14)24-13-18/h1-8H,9-13H2. The summed E-state index contributed by atoms with van der Waals surface area (Å²) in [5.41, 5.74) is 1.05. The molecule has 2 aromatic carbocycles. The van der Waals surface area contributed by atoms with E-state index in [0.29, 0.717) is 18.7 Å². The van der Waals surface area contributed by atoms with Crippen LogP contribution in [0.3, 0.4) is 0 Å². The van der Waals surface area contributed by atoms with Crippen LogP contribution in [0.1, 0.15) is 16.7 Å². The van der Waals surface area contributed by atoms with Crippen LogP contribution in [-0.2, 0) is 19.1 Å². The summed E-state index contributed by atoms with van der Waals surface area (Å²) in [6, 6.07) is 13.8. The molecule has 0 bridgehead atoms. The van der Waals surface area contributed by atoms with Crippen molar-refractivity contribution >= 4 is 0 Å². The first-order valence-corrected chi connectivity index (χ1v) is 8.03. The van der Waals surface area contributed by atoms with Crippen LogP contribution < -0.4 is 4.74 Å². The average molecular weight is 333 g/mol. The van der Waals surface area contributed by atoms with Gasteiger partial charge < -0.3 is 4.74 Å². The Labute approximate surface area is 138 Å². The van der Waals surface area contributed by atoms with E-state index >= 15 is 0 Å². The lowest BCUT2D eigenvalue weighted by molar-refractivity contribution is -0.139. The number of rotatable bonds is 2. The molecule has 0 saturated carbocycles. The number of likely N-dealkylation sites (tertiary alicyclic amines) is 1. The molecule has 0 aromatic heterocycles. The van der Waals surface area contributed by atoms with Gasteiger partial charge in [0.25, 0.3) is 0 Å². The first kappa shape index (κ1) is 15.5. The second kappa shape index (κ2) is 5.52. The van der Waals surface area contributed by atoms with Crippen LogP contribution in [0.2, 0.25) is 0 Å². The zero-order valence-electron chi connectivity index (χ0n) is 13.1. The first-order chi connectivity index (χ1) is 11.5. The SMILES string of the molecule is FC(F)(F)c1ccccc1CN1CC2(COc3ccccc3C2)C1. The van der Waals surface area contributed by atoms with E-state index in [4.69, 9.17) is 4.74 Å². The van der Waals surface area contributed by atoms with Gasteiger partial charge in [0.2, 0.25) is 0 Å². The number of ether oxygens (including phenoxy) is 1. The summed E-state index contributed by atoms with van der Waals surface area (Å²) >= 11 is 0. The molecule has 1 spiro atoms. The van der Waals surface area contributed by atoms with Crippen molar-refractivity contribution in [1.29, 1.82) is 0 Å². The van der Waals surface area contributed by atoms with E-state index in [9.17, 15) is 13.2 Å². The van der Waals surface area contributed by atoms with Crippen molar-refractivity contribution < 1.29 is 17.9 Å². The third-order valence-electron chi connectivity index (χ3n) is 4.91. The molecular weight excluding hydrogens is 315 g/mol. The fourth-order valence-corrected chi connectivity index (χ4v) is 3.87. The van der Waals surface area contributed by atoms with Gasteiger partial charge in [-0.1, -0.05) is 36.4 Å². The van der Waals surface area contributed by atoms with Gasteiger partial charge in [-0.15, -0.1) is 0 Å². The Kier molecular flexibility index (Phi) is 3.57. The fraction of sp³-hybridized carbons (Fsp3) is 0.368. The van der Waals surface area contributed by atoms with Gasteiger partial charge in [-0.25, -0.2) is 0 Å². The topological polar surface area (TPSA) is 12.5 Å². The molecule has 0 atom stereocenters. The minimum atomic E-state index is -4.30. The van der Waals surface area contributed by atoms with Crippen LogP contribution in [0.25, 0.3) is 0 Å². The number of fused-ring (bicyclic) bond motifs is 1. The van der Waals surface area contributed by atoms with Gasteiger partial charge in [-0.3, -0.25) is 4.90 Å². The molecule has 2 aliphatic rings. The van der Waals surface area contributed by atoms with Crippen LogP contribution in [0.5, 0.6) is 5.75 Å². The molecule has 126 valence electrons. The van der Waals surface area contributed by atoms with E-state index in [1.807, 2.05) is 18.2 Å². The predicted octanol–water partition coefficient (Wildman–Crippen LogP) is 4.14. The highest BCUT2D eigenvalue weighted by atomic mass is 19.4. The van der Waals surface area contributed by atoms with Gasteiger partial charge in [0, 0.05) is 25.0 Å². The molecule has 0 aliphatic carbocycles. The Morgan fingerprint density at radius 1 is 1.00 bits per heavy atom. The van der Waals surface area contributed by atoms with Gasteiger partial charge >= 0.3 is 6.18 Å². The molecule has 2 heterocycles. The number of halogens is 3. The Morgan fingerprint density at radius 2 is 1.71 bits per heavy atom. The maximum absolute atomic E-state index is 13.1. The van der Waals surface area contributed by atoms with Crippen LogP contribution in [0.15, 0.2) is 48.5 Å². The van der Waals surface area contributed by atoms with Gasteiger partial charge in [0.1, 0.15) is 5.75 Å². The third-order valence-corrected chi connectivity index (χ3v) is 4.91. The third kappa shape index (κ3) is 2.77. The monoisotopic (exact) mass is 333 g/mol. The van der Waals surface area contributed by atoms with Crippen molar-refractivity contribution in [3.63, 3.8) is 0 Å². The van der Waals surface area contributed by atoms with Gasteiger partial charge in [-0.05, 0) is 29.7 Å². The minimum Gasteiger partial charge on any atom is -0.493 e. The first-order valence-electron chi connectivity index (χ1n) is 8.03. The average Bonchev–Trinajstić information content (AvgIpc) is 2.53. The zero-order valence-corrected chi connectivity index (χ0v) is 13.1. The smallest absolute Gasteiger partial charge is 0.416 e. The van der Waals surface area contributed by atoms with Crippen LogP contribution in [-0.4, -0.2) is 24.6 Å². The highest BCUT2D eigenvalue weighted by molar-refractivity contribution is 5.37. The van der Waals surface area contributed by atoms with Crippen molar-refractivity contribution in [1.82, 2.24) is 4.90 Å². The van der Waals surface area contributed by atoms with E-state index < -0.39 is 11.7 Å². The highest BCUT2D eigenvalue weighted by Gasteiger charge is 2.46. The van der Waals surface area contributed by atoms with E-state index in [-0.39, 0.29) is 5.41 Å². The molecule has 2 nitrogen and oxygen atoms in total. The lowest BCUT2D eigenvalue weighted by Gasteiger charge is -2.52. The van der Waals surface area contributed by atoms with Crippen LogP contribution in [0.4, 0.5) is 13.2 Å². The van der Waals surface area contributed by atoms with Crippen molar-refractivity contribution in [2.45, 2.75) is 19.1 Å². The fourth-order valence-electron chi connectivity index (χ4n) is 3.87. The molecule has 1 saturated heterocycles. The summed E-state index contributed by atoms with van der Waals surface area (Å²) in [7, 11) is 0. The van der Waals surface area contributed by atoms with Gasteiger partial charge in [-0.2, -0.15) is 13.2 Å². The number of nitrogens with zero attached hydrogens (tertiary/aromatic N) is 1. The number of hydrogen-bond acceptors (Lipinski definition) is 2. The van der Waals surface area contributed by atoms with Crippen LogP contribution >= 0.6 is 0 Å². The molecule has 4 rings (SSSR count). The molecule has 1 fully saturated rings. The number of para-hydroxylation sites is 1. The normalized spacial score (nSPS) is 19.5. The van der Waals surface area contributed by atoms with E-state index in [1.165, 1.54) is 11.6 Å². The van der Waals surface area contributed by atoms with Crippen molar-refractivity contribution in [2.24, 2.45) is 5.41 Å². The predicted molar refractivity (Wildman–Crippen MR) is 84.8 cm³/mol. The van der Waals surface area contributed by atoms with Gasteiger partial charge in [0.15, 0.2) is 0 Å². The molecule has 5 heteroatoms. The maximum atomic E-state index is 13.1. The maximum Gasteiger partial charge on any atom is 0.416 e. The minimum absolute atomic E-state index is 0.0432. The van der Waals surface area contributed by atoms with Crippen molar-refractivity contribution in [3.05, 3.63) is 65.2 Å². The molecule has 2 aliphatic heterocycles. The van der Waals surface area contributed by atoms with Crippen molar-refractivity contribution in [3.8, 4) is 5.75 Å². The largest absolute Gasteiger partial charge is 0.493 e. The summed E-state index contributed by atoms with van der Waals surface area (Å²) in [5.74, 6) is 0.934. The summed E-state index contributed by atoms with van der Waals surface area (Å²) < 4.78 is 45.1. The van der Waals surface area contributed by atoms with E-state index in [1.54, 1.807) is 12.1 Å². The number of alkyl halides is 3. The second-order valence-electron chi connectivity index (χ2n) is 6.87. The molecule has 0 unspecified atom stereocenters. The summed E-state index contributed by atoms with van der Waals surface area (Å²) in [6.07, 6.45) is -3.37. The molecule has 0 amide bonds. The number of benzene rings is 2. The summed E-state index contributed by atoms with van der Waals surface area (Å²) in [5, 5.41) is 0. The highest BCUT2D eigenvalue weighted by Crippen LogP contribution is 2.42. The quantitative estimate of drug-likeness (QED) is 0.819. The van der Waals surface area contributed by atoms with Crippen molar-refractivity contribution in [2.75, 3.05) is 19.7 Å². The molecule has 0 N–H and O–H groups in total. The van der Waals surface area contributed by atoms with E-state index in [0.717, 1.165) is 31.3 Å². The lowest BCUT2D eigenvalue weighted by Crippen LogP contribution is -2.60. The van der Waals surface area contributed by atoms with Crippen LogP contribution in [0, 0.1) is 5.41 Å². The number of hydrogen-bond donors (Lipinski definition) is 0. The zero-order chi connectivity index (χ0) is 16.8.